The van der Waals surface area contributed by atoms with Gasteiger partial charge in [-0.05, 0) is 51.4 Å². The summed E-state index contributed by atoms with van der Waals surface area (Å²) in [5.74, 6) is -0.978. The number of aliphatic hydroxyl groups excluding tert-OH is 2. The van der Waals surface area contributed by atoms with Gasteiger partial charge in [0.05, 0.1) is 19.8 Å². The normalized spacial score (nSPS) is 14.6. The number of carbonyl (C=O) groups excluding carboxylic acids is 2. The van der Waals surface area contributed by atoms with E-state index in [0.29, 0.717) is 12.8 Å². The summed E-state index contributed by atoms with van der Waals surface area (Å²) in [4.78, 5) is 34.7. The first-order valence-electron chi connectivity index (χ1n) is 18.6. The van der Waals surface area contributed by atoms with E-state index < -0.39 is 51.8 Å². The first kappa shape index (κ1) is 46.9. The Morgan fingerprint density at radius 2 is 1.12 bits per heavy atom. The van der Waals surface area contributed by atoms with Gasteiger partial charge in [-0.2, -0.15) is 0 Å². The standard InChI is InChI=1S/C38H67O10P/c1-3-5-7-9-11-13-15-16-17-18-20-22-24-26-28-30-38(42)48-36(34-47-49(43,44)46-32-35(40)31-39)33-45-37(41)29-27-25-23-21-19-14-12-10-8-6-4-2/h5,7,11,13,16-17,20,22,35-36,39-40H,3-4,6,8-10,12,14-15,18-19,21,23-34H2,1-2H3,(H,43,44)/b7-5-,13-11-,17-16-,22-20-. The van der Waals surface area contributed by atoms with Crippen LogP contribution in [0.2, 0.25) is 0 Å². The molecule has 3 N–H and O–H groups in total. The van der Waals surface area contributed by atoms with E-state index >= 15 is 0 Å². The first-order valence-corrected chi connectivity index (χ1v) is 20.1. The summed E-state index contributed by atoms with van der Waals surface area (Å²) in [5, 5.41) is 18.2. The molecule has 0 aromatic heterocycles. The minimum absolute atomic E-state index is 0.132. The summed E-state index contributed by atoms with van der Waals surface area (Å²) in [5.41, 5.74) is 0. The Morgan fingerprint density at radius 3 is 1.69 bits per heavy atom. The molecule has 0 bridgehead atoms. The van der Waals surface area contributed by atoms with Gasteiger partial charge in [-0.3, -0.25) is 18.6 Å². The summed E-state index contributed by atoms with van der Waals surface area (Å²) in [6, 6.07) is 0. The van der Waals surface area contributed by atoms with Gasteiger partial charge in [0.2, 0.25) is 0 Å². The third-order valence-electron chi connectivity index (χ3n) is 7.50. The van der Waals surface area contributed by atoms with Crippen LogP contribution in [0.3, 0.4) is 0 Å². The predicted octanol–water partition coefficient (Wildman–Crippen LogP) is 8.99. The van der Waals surface area contributed by atoms with Crippen LogP contribution in [0.15, 0.2) is 48.6 Å². The SMILES string of the molecule is CC/C=C\C/C=C\C/C=C\C/C=C\CCCCC(=O)OC(COC(=O)CCCCCCCCCCCCC)COP(=O)(O)OCC(O)CO. The highest BCUT2D eigenvalue weighted by Gasteiger charge is 2.27. The fraction of sp³-hybridized carbons (Fsp3) is 0.737. The minimum Gasteiger partial charge on any atom is -0.462 e. The van der Waals surface area contributed by atoms with Crippen LogP contribution in [-0.2, 0) is 32.7 Å². The molecule has 0 amide bonds. The molecule has 0 radical (unpaired) electrons. The zero-order valence-corrected chi connectivity index (χ0v) is 31.3. The maximum atomic E-state index is 12.5. The highest BCUT2D eigenvalue weighted by Crippen LogP contribution is 2.43. The van der Waals surface area contributed by atoms with E-state index in [9.17, 15) is 24.2 Å². The third kappa shape index (κ3) is 34.2. The van der Waals surface area contributed by atoms with Crippen LogP contribution < -0.4 is 0 Å². The van der Waals surface area contributed by atoms with Crippen molar-refractivity contribution < 1.29 is 47.8 Å². The molecular weight excluding hydrogens is 647 g/mol. The third-order valence-corrected chi connectivity index (χ3v) is 8.45. The molecular formula is C38H67O10P. The lowest BCUT2D eigenvalue weighted by molar-refractivity contribution is -0.161. The molecule has 11 heteroatoms. The number of hydrogen-bond acceptors (Lipinski definition) is 9. The molecule has 0 spiro atoms. The number of carbonyl (C=O) groups is 2. The van der Waals surface area contributed by atoms with Crippen LogP contribution in [-0.4, -0.2) is 65.7 Å². The van der Waals surface area contributed by atoms with Gasteiger partial charge in [0, 0.05) is 12.8 Å². The van der Waals surface area contributed by atoms with E-state index in [-0.39, 0.29) is 19.4 Å². The van der Waals surface area contributed by atoms with Crippen molar-refractivity contribution in [1.82, 2.24) is 0 Å². The average Bonchev–Trinajstić information content (AvgIpc) is 3.09. The second-order valence-electron chi connectivity index (χ2n) is 12.2. The smallest absolute Gasteiger partial charge is 0.462 e. The molecule has 0 aromatic rings. The van der Waals surface area contributed by atoms with Crippen LogP contribution in [0.1, 0.15) is 142 Å². The highest BCUT2D eigenvalue weighted by atomic mass is 31.2. The van der Waals surface area contributed by atoms with Gasteiger partial charge in [-0.15, -0.1) is 0 Å². The van der Waals surface area contributed by atoms with E-state index in [1.807, 2.05) is 0 Å². The molecule has 0 aliphatic rings. The molecule has 3 unspecified atom stereocenters. The van der Waals surface area contributed by atoms with Gasteiger partial charge in [-0.1, -0.05) is 127 Å². The van der Waals surface area contributed by atoms with Crippen molar-refractivity contribution in [2.24, 2.45) is 0 Å². The van der Waals surface area contributed by atoms with Crippen LogP contribution in [0.25, 0.3) is 0 Å². The maximum Gasteiger partial charge on any atom is 0.472 e. The van der Waals surface area contributed by atoms with E-state index in [0.717, 1.165) is 57.8 Å². The summed E-state index contributed by atoms with van der Waals surface area (Å²) in [6.45, 7) is 2.18. The Hall–Kier alpha value is -2.07. The van der Waals surface area contributed by atoms with E-state index in [2.05, 4.69) is 67.0 Å². The lowest BCUT2D eigenvalue weighted by Gasteiger charge is -2.20. The van der Waals surface area contributed by atoms with Crippen molar-refractivity contribution in [1.29, 1.82) is 0 Å². The van der Waals surface area contributed by atoms with E-state index in [1.165, 1.54) is 44.9 Å². The number of ether oxygens (including phenoxy) is 2. The number of allylic oxidation sites excluding steroid dienone is 8. The molecule has 0 fully saturated rings. The molecule has 0 saturated heterocycles. The Morgan fingerprint density at radius 1 is 0.633 bits per heavy atom. The van der Waals surface area contributed by atoms with Crippen LogP contribution in [0, 0.1) is 0 Å². The molecule has 49 heavy (non-hydrogen) atoms. The maximum absolute atomic E-state index is 12.5. The largest absolute Gasteiger partial charge is 0.472 e. The van der Waals surface area contributed by atoms with Crippen LogP contribution in [0.5, 0.6) is 0 Å². The minimum atomic E-state index is -4.62. The number of hydrogen-bond donors (Lipinski definition) is 3. The van der Waals surface area contributed by atoms with E-state index in [1.54, 1.807) is 0 Å². The van der Waals surface area contributed by atoms with E-state index in [4.69, 9.17) is 19.1 Å². The monoisotopic (exact) mass is 714 g/mol. The molecule has 0 rings (SSSR count). The van der Waals surface area contributed by atoms with Gasteiger partial charge in [0.1, 0.15) is 12.7 Å². The van der Waals surface area contributed by atoms with Crippen molar-refractivity contribution in [3.63, 3.8) is 0 Å². The van der Waals surface area contributed by atoms with Gasteiger partial charge in [0.25, 0.3) is 0 Å². The molecule has 10 nitrogen and oxygen atoms in total. The summed E-state index contributed by atoms with van der Waals surface area (Å²) >= 11 is 0. The molecule has 0 aliphatic heterocycles. The molecule has 284 valence electrons. The number of esters is 2. The summed E-state index contributed by atoms with van der Waals surface area (Å²) in [7, 11) is -4.62. The predicted molar refractivity (Wildman–Crippen MR) is 196 cm³/mol. The Balaban J connectivity index is 4.47. The number of phosphoric ester groups is 1. The zero-order chi connectivity index (χ0) is 36.3. The number of unbranched alkanes of at least 4 members (excludes halogenated alkanes) is 12. The summed E-state index contributed by atoms with van der Waals surface area (Å²) in [6.07, 6.45) is 33.7. The van der Waals surface area contributed by atoms with Crippen molar-refractivity contribution in [2.75, 3.05) is 26.4 Å². The average molecular weight is 715 g/mol. The Labute approximate surface area is 296 Å². The van der Waals surface area contributed by atoms with Crippen molar-refractivity contribution >= 4 is 19.8 Å². The molecule has 3 atom stereocenters. The number of aliphatic hydroxyl groups is 2. The second-order valence-corrected chi connectivity index (χ2v) is 13.7. The first-order chi connectivity index (χ1) is 23.7. The van der Waals surface area contributed by atoms with Gasteiger partial charge < -0.3 is 24.6 Å². The quantitative estimate of drug-likeness (QED) is 0.0255. The summed E-state index contributed by atoms with van der Waals surface area (Å²) < 4.78 is 32.5. The topological polar surface area (TPSA) is 149 Å². The number of rotatable bonds is 34. The lowest BCUT2D eigenvalue weighted by Crippen LogP contribution is -2.29. The fourth-order valence-electron chi connectivity index (χ4n) is 4.63. The Kier molecular flexibility index (Phi) is 32.9. The zero-order valence-electron chi connectivity index (χ0n) is 30.4. The van der Waals surface area contributed by atoms with Gasteiger partial charge >= 0.3 is 19.8 Å². The highest BCUT2D eigenvalue weighted by molar-refractivity contribution is 7.47. The van der Waals surface area contributed by atoms with Crippen LogP contribution in [0.4, 0.5) is 0 Å². The van der Waals surface area contributed by atoms with Crippen molar-refractivity contribution in [3.05, 3.63) is 48.6 Å². The van der Waals surface area contributed by atoms with Crippen molar-refractivity contribution in [3.8, 4) is 0 Å². The fourth-order valence-corrected chi connectivity index (χ4v) is 5.42. The van der Waals surface area contributed by atoms with Crippen molar-refractivity contribution in [2.45, 2.75) is 154 Å². The lowest BCUT2D eigenvalue weighted by atomic mass is 10.1. The molecule has 0 aliphatic carbocycles. The molecule has 0 aromatic carbocycles. The number of phosphoric acid groups is 1. The molecule has 0 saturated carbocycles. The van der Waals surface area contributed by atoms with Gasteiger partial charge in [-0.25, -0.2) is 4.57 Å². The molecule has 0 heterocycles. The Bertz CT molecular complexity index is 962. The van der Waals surface area contributed by atoms with Crippen LogP contribution >= 0.6 is 7.82 Å². The second kappa shape index (κ2) is 34.4. The van der Waals surface area contributed by atoms with Gasteiger partial charge in [0.15, 0.2) is 6.10 Å².